The Morgan fingerprint density at radius 2 is 2.13 bits per heavy atom. The smallest absolute Gasteiger partial charge is 0.341 e. The molecule has 0 aliphatic carbocycles. The summed E-state index contributed by atoms with van der Waals surface area (Å²) in [6.07, 6.45) is 3.50. The van der Waals surface area contributed by atoms with Gasteiger partial charge in [-0.05, 0) is 63.8 Å². The molecule has 0 unspecified atom stereocenters. The second-order valence-electron chi connectivity index (χ2n) is 7.63. The molecule has 1 N–H and O–H groups in total. The van der Waals surface area contributed by atoms with Crippen LogP contribution in [-0.4, -0.2) is 42.8 Å². The molecule has 1 saturated heterocycles. The molecular formula is C23H27N3O4S. The Balaban J connectivity index is 1.94. The van der Waals surface area contributed by atoms with Crippen molar-refractivity contribution in [2.75, 3.05) is 20.3 Å². The van der Waals surface area contributed by atoms with Crippen LogP contribution < -0.4 is 5.32 Å². The van der Waals surface area contributed by atoms with Crippen molar-refractivity contribution in [1.82, 2.24) is 9.88 Å². The van der Waals surface area contributed by atoms with Gasteiger partial charge in [0.05, 0.1) is 18.8 Å². The van der Waals surface area contributed by atoms with Gasteiger partial charge in [-0.2, -0.15) is 5.26 Å². The van der Waals surface area contributed by atoms with E-state index in [-0.39, 0.29) is 17.6 Å². The number of thiophene rings is 1. The Bertz CT molecular complexity index is 1080. The number of carbonyl (C=O) groups excluding carboxylic acids is 2. The topological polar surface area (TPSA) is 93.4 Å². The number of hydrogen-bond donors (Lipinski definition) is 1. The molecule has 2 aromatic heterocycles. The second kappa shape index (κ2) is 9.50. The van der Waals surface area contributed by atoms with E-state index in [2.05, 4.69) is 5.32 Å². The fourth-order valence-corrected chi connectivity index (χ4v) is 5.02. The van der Waals surface area contributed by atoms with Gasteiger partial charge in [-0.25, -0.2) is 4.79 Å². The van der Waals surface area contributed by atoms with E-state index in [0.717, 1.165) is 45.2 Å². The summed E-state index contributed by atoms with van der Waals surface area (Å²) in [6.45, 7) is 8.82. The Morgan fingerprint density at radius 3 is 2.74 bits per heavy atom. The molecule has 0 radical (unpaired) electrons. The van der Waals surface area contributed by atoms with Crippen LogP contribution >= 0.6 is 11.3 Å². The summed E-state index contributed by atoms with van der Waals surface area (Å²) in [5, 5.41) is 13.1. The van der Waals surface area contributed by atoms with Crippen LogP contribution in [-0.2, 0) is 14.3 Å². The van der Waals surface area contributed by atoms with Crippen LogP contribution in [0.25, 0.3) is 11.1 Å². The number of nitriles is 1. The Kier molecular flexibility index (Phi) is 6.98. The molecule has 0 spiro atoms. The molecule has 3 rings (SSSR count). The lowest BCUT2D eigenvalue weighted by molar-refractivity contribution is -0.117. The average molecular weight is 442 g/mol. The number of esters is 1. The molecule has 1 aliphatic heterocycles. The maximum absolute atomic E-state index is 12.5. The third-order valence-electron chi connectivity index (χ3n) is 5.61. The zero-order chi connectivity index (χ0) is 22.7. The van der Waals surface area contributed by atoms with E-state index in [9.17, 15) is 14.9 Å². The highest BCUT2D eigenvalue weighted by Gasteiger charge is 2.24. The van der Waals surface area contributed by atoms with Crippen molar-refractivity contribution in [2.24, 2.45) is 0 Å². The van der Waals surface area contributed by atoms with Gasteiger partial charge in [-0.3, -0.25) is 4.79 Å². The zero-order valence-electron chi connectivity index (χ0n) is 18.5. The standard InChI is InChI=1S/C23H27N3O4S/c1-13-9-17(10-18(11-24)21(27)25-12-19-7-6-8-30-19)15(3)26(13)22-20(23(28)29-5)14(2)16(4)31-22/h9-10,19H,6-8,12H2,1-5H3,(H,25,27)/b18-10+/t19-/m1/s1. The van der Waals surface area contributed by atoms with Gasteiger partial charge in [0.1, 0.15) is 16.6 Å². The number of nitrogens with one attached hydrogen (secondary N) is 1. The third-order valence-corrected chi connectivity index (χ3v) is 6.80. The van der Waals surface area contributed by atoms with E-state index in [1.807, 2.05) is 44.4 Å². The van der Waals surface area contributed by atoms with E-state index in [1.165, 1.54) is 18.4 Å². The normalized spacial score (nSPS) is 16.3. The van der Waals surface area contributed by atoms with Gasteiger partial charge in [-0.15, -0.1) is 11.3 Å². The van der Waals surface area contributed by atoms with Crippen LogP contribution in [0.4, 0.5) is 0 Å². The minimum absolute atomic E-state index is 0.0102. The lowest BCUT2D eigenvalue weighted by Gasteiger charge is -2.11. The highest BCUT2D eigenvalue weighted by atomic mass is 32.1. The summed E-state index contributed by atoms with van der Waals surface area (Å²) in [7, 11) is 1.37. The van der Waals surface area contributed by atoms with E-state index in [4.69, 9.17) is 9.47 Å². The first-order valence-corrected chi connectivity index (χ1v) is 11.0. The number of amides is 1. The average Bonchev–Trinajstić information content (AvgIpc) is 3.43. The first kappa shape index (κ1) is 22.8. The minimum Gasteiger partial charge on any atom is -0.465 e. The van der Waals surface area contributed by atoms with Crippen LogP contribution in [0.2, 0.25) is 0 Å². The molecule has 8 heteroatoms. The number of hydrogen-bond acceptors (Lipinski definition) is 6. The fourth-order valence-electron chi connectivity index (χ4n) is 3.77. The van der Waals surface area contributed by atoms with Crippen molar-refractivity contribution >= 4 is 29.3 Å². The van der Waals surface area contributed by atoms with Crippen molar-refractivity contribution in [2.45, 2.75) is 46.6 Å². The first-order chi connectivity index (χ1) is 14.8. The molecule has 7 nitrogen and oxygen atoms in total. The van der Waals surface area contributed by atoms with Crippen LogP contribution in [0.5, 0.6) is 0 Å². The summed E-state index contributed by atoms with van der Waals surface area (Å²) in [5.41, 5.74) is 3.95. The van der Waals surface area contributed by atoms with Gasteiger partial charge < -0.3 is 19.4 Å². The molecule has 2 aromatic rings. The molecular weight excluding hydrogens is 414 g/mol. The zero-order valence-corrected chi connectivity index (χ0v) is 19.3. The van der Waals surface area contributed by atoms with Gasteiger partial charge in [0, 0.05) is 29.4 Å². The predicted octanol–water partition coefficient (Wildman–Crippen LogP) is 3.76. The Labute approximate surface area is 186 Å². The van der Waals surface area contributed by atoms with E-state index < -0.39 is 5.91 Å². The summed E-state index contributed by atoms with van der Waals surface area (Å²) >= 11 is 1.52. The number of aryl methyl sites for hydroxylation is 2. The summed E-state index contributed by atoms with van der Waals surface area (Å²) in [4.78, 5) is 26.0. The lowest BCUT2D eigenvalue weighted by Crippen LogP contribution is -2.32. The van der Waals surface area contributed by atoms with Crippen molar-refractivity contribution < 1.29 is 19.1 Å². The number of nitrogens with zero attached hydrogens (tertiary/aromatic N) is 2. The number of methoxy groups -OCH3 is 1. The molecule has 0 aromatic carbocycles. The maximum atomic E-state index is 12.5. The monoisotopic (exact) mass is 441 g/mol. The lowest BCUT2D eigenvalue weighted by atomic mass is 10.1. The molecule has 3 heterocycles. The highest BCUT2D eigenvalue weighted by molar-refractivity contribution is 7.15. The highest BCUT2D eigenvalue weighted by Crippen LogP contribution is 2.35. The number of ether oxygens (including phenoxy) is 2. The van der Waals surface area contributed by atoms with Gasteiger partial charge in [-0.1, -0.05) is 0 Å². The minimum atomic E-state index is -0.416. The van der Waals surface area contributed by atoms with Crippen LogP contribution in [0.15, 0.2) is 11.6 Å². The van der Waals surface area contributed by atoms with Crippen molar-refractivity contribution in [1.29, 1.82) is 5.26 Å². The fraction of sp³-hybridized carbons (Fsp3) is 0.435. The molecule has 1 atom stereocenters. The molecule has 1 fully saturated rings. The van der Waals surface area contributed by atoms with Gasteiger partial charge >= 0.3 is 5.97 Å². The Hall–Kier alpha value is -2.89. The summed E-state index contributed by atoms with van der Waals surface area (Å²) in [5.74, 6) is -0.798. The van der Waals surface area contributed by atoms with E-state index in [1.54, 1.807) is 6.08 Å². The predicted molar refractivity (Wildman–Crippen MR) is 120 cm³/mol. The summed E-state index contributed by atoms with van der Waals surface area (Å²) < 4.78 is 12.5. The van der Waals surface area contributed by atoms with Crippen molar-refractivity contribution in [3.05, 3.63) is 44.6 Å². The SMILES string of the molecule is COC(=O)c1c(-n2c(C)cc(/C=C(\C#N)C(=O)NC[C@H]3CCCO3)c2C)sc(C)c1C. The van der Waals surface area contributed by atoms with Crippen LogP contribution in [0.3, 0.4) is 0 Å². The molecule has 1 amide bonds. The quantitative estimate of drug-likeness (QED) is 0.419. The maximum Gasteiger partial charge on any atom is 0.341 e. The number of carbonyl (C=O) groups is 2. The van der Waals surface area contributed by atoms with E-state index in [0.29, 0.717) is 18.7 Å². The molecule has 0 saturated carbocycles. The third kappa shape index (κ3) is 4.58. The Morgan fingerprint density at radius 1 is 1.39 bits per heavy atom. The molecule has 164 valence electrons. The summed E-state index contributed by atoms with van der Waals surface area (Å²) in [6, 6.07) is 3.91. The number of aromatic nitrogens is 1. The van der Waals surface area contributed by atoms with Crippen LogP contribution in [0.1, 0.15) is 50.6 Å². The molecule has 31 heavy (non-hydrogen) atoms. The number of rotatable bonds is 6. The largest absolute Gasteiger partial charge is 0.465 e. The van der Waals surface area contributed by atoms with Gasteiger partial charge in [0.2, 0.25) is 0 Å². The van der Waals surface area contributed by atoms with Crippen molar-refractivity contribution in [3.63, 3.8) is 0 Å². The second-order valence-corrected chi connectivity index (χ2v) is 8.83. The first-order valence-electron chi connectivity index (χ1n) is 10.2. The van der Waals surface area contributed by atoms with Crippen LogP contribution in [0, 0.1) is 39.0 Å². The van der Waals surface area contributed by atoms with Crippen molar-refractivity contribution in [3.8, 4) is 11.1 Å². The molecule has 1 aliphatic rings. The van der Waals surface area contributed by atoms with E-state index >= 15 is 0 Å². The van der Waals surface area contributed by atoms with Gasteiger partial charge in [0.15, 0.2) is 0 Å². The van der Waals surface area contributed by atoms with Gasteiger partial charge in [0.25, 0.3) is 5.91 Å². The molecule has 0 bridgehead atoms.